The van der Waals surface area contributed by atoms with Crippen LogP contribution >= 0.6 is 11.3 Å². The number of aryl methyl sites for hydroxylation is 1. The molecule has 1 aromatic heterocycles. The molecule has 4 aliphatic rings. The summed E-state index contributed by atoms with van der Waals surface area (Å²) >= 11 is 1.83. The molecule has 0 amide bonds. The average molecular weight is 370 g/mol. The first kappa shape index (κ1) is 17.2. The molecular weight excluding hydrogens is 338 g/mol. The molecule has 140 valence electrons. The Bertz CT molecular complexity index is 792. The molecule has 0 unspecified atom stereocenters. The Labute approximate surface area is 161 Å². The fraction of sp³-hybridized carbons (Fsp3) is 0.696. The third-order valence-electron chi connectivity index (χ3n) is 8.51. The highest BCUT2D eigenvalue weighted by molar-refractivity contribution is 7.10. The van der Waals surface area contributed by atoms with Crippen molar-refractivity contribution in [2.45, 2.75) is 71.8 Å². The van der Waals surface area contributed by atoms with Gasteiger partial charge in [0.15, 0.2) is 0 Å². The maximum absolute atomic E-state index is 10.2. The zero-order chi connectivity index (χ0) is 18.1. The summed E-state index contributed by atoms with van der Waals surface area (Å²) in [6, 6.07) is 0. The average Bonchev–Trinajstić information content (AvgIpc) is 3.18. The minimum absolute atomic E-state index is 0.104. The normalized spacial score (nSPS) is 44.6. The standard InChI is InChI=1S/C23H31NOS/c1-14-13-26-21(24-14)20-7-6-18-17-5-4-15-12-16(25)8-10-22(15,2)19(17)9-11-23(18,20)3/h4,7,13,16-19,25H,5-6,8-12H2,1-3H3/t16-,17-,18-,19-,22-,23-/m0/s1. The highest BCUT2D eigenvalue weighted by Crippen LogP contribution is 2.66. The van der Waals surface area contributed by atoms with E-state index in [4.69, 9.17) is 4.98 Å². The Morgan fingerprint density at radius 1 is 1.08 bits per heavy atom. The summed E-state index contributed by atoms with van der Waals surface area (Å²) in [5, 5.41) is 13.6. The maximum atomic E-state index is 10.2. The number of nitrogens with zero attached hydrogens (tertiary/aromatic N) is 1. The molecule has 26 heavy (non-hydrogen) atoms. The number of aromatic nitrogens is 1. The Morgan fingerprint density at radius 3 is 2.65 bits per heavy atom. The lowest BCUT2D eigenvalue weighted by Gasteiger charge is -2.57. The van der Waals surface area contributed by atoms with Crippen molar-refractivity contribution in [3.8, 4) is 0 Å². The van der Waals surface area contributed by atoms with E-state index in [1.165, 1.54) is 42.7 Å². The van der Waals surface area contributed by atoms with Gasteiger partial charge in [0, 0.05) is 11.1 Å². The Kier molecular flexibility index (Phi) is 3.82. The molecule has 0 radical (unpaired) electrons. The lowest BCUT2D eigenvalue weighted by molar-refractivity contribution is -0.0238. The van der Waals surface area contributed by atoms with Crippen LogP contribution in [0.4, 0.5) is 0 Å². The molecule has 5 rings (SSSR count). The molecule has 1 aromatic rings. The molecule has 3 heteroatoms. The van der Waals surface area contributed by atoms with Gasteiger partial charge in [-0.2, -0.15) is 0 Å². The number of thiazole rings is 1. The molecular formula is C23H31NOS. The van der Waals surface area contributed by atoms with Gasteiger partial charge in [0.2, 0.25) is 0 Å². The van der Waals surface area contributed by atoms with Crippen LogP contribution in [-0.4, -0.2) is 16.2 Å². The summed E-state index contributed by atoms with van der Waals surface area (Å²) in [5.41, 5.74) is 4.91. The van der Waals surface area contributed by atoms with Crippen LogP contribution in [-0.2, 0) is 0 Å². The van der Waals surface area contributed by atoms with Gasteiger partial charge in [-0.05, 0) is 86.0 Å². The first-order valence-electron chi connectivity index (χ1n) is 10.4. The second-order valence-electron chi connectivity index (χ2n) is 9.76. The Morgan fingerprint density at radius 2 is 1.88 bits per heavy atom. The van der Waals surface area contributed by atoms with Crippen LogP contribution < -0.4 is 0 Å². The molecule has 0 bridgehead atoms. The quantitative estimate of drug-likeness (QED) is 0.638. The first-order valence-corrected chi connectivity index (χ1v) is 11.3. The molecule has 0 saturated heterocycles. The fourth-order valence-corrected chi connectivity index (χ4v) is 7.99. The van der Waals surface area contributed by atoms with E-state index in [0.29, 0.717) is 10.8 Å². The van der Waals surface area contributed by atoms with Gasteiger partial charge < -0.3 is 5.11 Å². The number of aliphatic hydroxyl groups is 1. The van der Waals surface area contributed by atoms with Crippen LogP contribution in [0.5, 0.6) is 0 Å². The molecule has 2 fully saturated rings. The van der Waals surface area contributed by atoms with Gasteiger partial charge in [-0.3, -0.25) is 0 Å². The first-order chi connectivity index (χ1) is 12.4. The summed E-state index contributed by atoms with van der Waals surface area (Å²) in [6.07, 6.45) is 13.1. The van der Waals surface area contributed by atoms with E-state index in [1.807, 2.05) is 11.3 Å². The number of rotatable bonds is 1. The second kappa shape index (κ2) is 5.78. The molecule has 0 aromatic carbocycles. The summed E-state index contributed by atoms with van der Waals surface area (Å²) in [4.78, 5) is 4.83. The number of aliphatic hydroxyl groups excluding tert-OH is 1. The van der Waals surface area contributed by atoms with E-state index in [1.54, 1.807) is 5.57 Å². The highest BCUT2D eigenvalue weighted by atomic mass is 32.1. The molecule has 0 spiro atoms. The van der Waals surface area contributed by atoms with Crippen molar-refractivity contribution < 1.29 is 5.11 Å². The molecule has 1 N–H and O–H groups in total. The maximum Gasteiger partial charge on any atom is 0.119 e. The second-order valence-corrected chi connectivity index (χ2v) is 10.6. The summed E-state index contributed by atoms with van der Waals surface area (Å²) < 4.78 is 0. The van der Waals surface area contributed by atoms with Gasteiger partial charge in [0.25, 0.3) is 0 Å². The van der Waals surface area contributed by atoms with E-state index in [2.05, 4.69) is 38.3 Å². The predicted octanol–water partition coefficient (Wildman–Crippen LogP) is 5.77. The Hall–Kier alpha value is -0.930. The molecule has 1 heterocycles. The van der Waals surface area contributed by atoms with Crippen molar-refractivity contribution in [1.82, 2.24) is 4.98 Å². The molecule has 0 aliphatic heterocycles. The fourth-order valence-electron chi connectivity index (χ4n) is 7.02. The van der Waals surface area contributed by atoms with Crippen LogP contribution in [0.2, 0.25) is 0 Å². The van der Waals surface area contributed by atoms with Crippen LogP contribution in [0.15, 0.2) is 23.1 Å². The summed E-state index contributed by atoms with van der Waals surface area (Å²) in [6.45, 7) is 7.14. The SMILES string of the molecule is Cc1csc(C2=CC[C@H]3[C@@H]4CC=C5C[C@@H](O)CC[C@]5(C)[C@H]4CC[C@]23C)n1. The zero-order valence-corrected chi connectivity index (χ0v) is 17.1. The number of hydrogen-bond donors (Lipinski definition) is 1. The summed E-state index contributed by atoms with van der Waals surface area (Å²) in [5.74, 6) is 2.37. The van der Waals surface area contributed by atoms with E-state index in [-0.39, 0.29) is 6.10 Å². The largest absolute Gasteiger partial charge is 0.393 e. The van der Waals surface area contributed by atoms with Crippen LogP contribution in [0, 0.1) is 35.5 Å². The minimum Gasteiger partial charge on any atom is -0.393 e. The lowest BCUT2D eigenvalue weighted by atomic mass is 9.47. The third-order valence-corrected chi connectivity index (χ3v) is 9.50. The van der Waals surface area contributed by atoms with E-state index < -0.39 is 0 Å². The van der Waals surface area contributed by atoms with Crippen molar-refractivity contribution in [3.05, 3.63) is 33.8 Å². The van der Waals surface area contributed by atoms with Crippen molar-refractivity contribution >= 4 is 16.9 Å². The highest BCUT2D eigenvalue weighted by Gasteiger charge is 2.57. The van der Waals surface area contributed by atoms with Gasteiger partial charge in [-0.1, -0.05) is 31.6 Å². The van der Waals surface area contributed by atoms with Crippen molar-refractivity contribution in [2.75, 3.05) is 0 Å². The Balaban J connectivity index is 1.47. The van der Waals surface area contributed by atoms with Crippen molar-refractivity contribution in [3.63, 3.8) is 0 Å². The van der Waals surface area contributed by atoms with Gasteiger partial charge in [0.05, 0.1) is 6.10 Å². The zero-order valence-electron chi connectivity index (χ0n) is 16.3. The van der Waals surface area contributed by atoms with E-state index in [0.717, 1.165) is 36.3 Å². The summed E-state index contributed by atoms with van der Waals surface area (Å²) in [7, 11) is 0. The van der Waals surface area contributed by atoms with E-state index >= 15 is 0 Å². The molecule has 6 atom stereocenters. The van der Waals surface area contributed by atoms with Gasteiger partial charge >= 0.3 is 0 Å². The molecule has 2 nitrogen and oxygen atoms in total. The minimum atomic E-state index is -0.104. The van der Waals surface area contributed by atoms with Gasteiger partial charge in [-0.15, -0.1) is 11.3 Å². The smallest absolute Gasteiger partial charge is 0.119 e. The van der Waals surface area contributed by atoms with Crippen LogP contribution in [0.1, 0.15) is 69.5 Å². The number of allylic oxidation sites excluding steroid dienone is 3. The van der Waals surface area contributed by atoms with Crippen molar-refractivity contribution in [1.29, 1.82) is 0 Å². The van der Waals surface area contributed by atoms with Crippen molar-refractivity contribution in [2.24, 2.45) is 28.6 Å². The van der Waals surface area contributed by atoms with Gasteiger partial charge in [0.1, 0.15) is 5.01 Å². The number of hydrogen-bond acceptors (Lipinski definition) is 3. The molecule has 2 saturated carbocycles. The predicted molar refractivity (Wildman–Crippen MR) is 108 cm³/mol. The van der Waals surface area contributed by atoms with Crippen LogP contribution in [0.25, 0.3) is 5.57 Å². The monoisotopic (exact) mass is 369 g/mol. The topological polar surface area (TPSA) is 33.1 Å². The lowest BCUT2D eigenvalue weighted by Crippen LogP contribution is -2.49. The third kappa shape index (κ3) is 2.29. The molecule has 4 aliphatic carbocycles. The number of fused-ring (bicyclic) bond motifs is 5. The van der Waals surface area contributed by atoms with Gasteiger partial charge in [-0.25, -0.2) is 4.98 Å². The van der Waals surface area contributed by atoms with Crippen LogP contribution in [0.3, 0.4) is 0 Å². The van der Waals surface area contributed by atoms with E-state index in [9.17, 15) is 5.11 Å².